The van der Waals surface area contributed by atoms with Gasteiger partial charge in [-0.3, -0.25) is 0 Å². The lowest BCUT2D eigenvalue weighted by Gasteiger charge is -2.27. The van der Waals surface area contributed by atoms with Crippen molar-refractivity contribution < 1.29 is 14.2 Å². The third-order valence-electron chi connectivity index (χ3n) is 3.14. The molecule has 1 atom stereocenters. The molecule has 1 aromatic carbocycles. The molecule has 3 nitrogen and oxygen atoms in total. The van der Waals surface area contributed by atoms with Crippen LogP contribution in [0, 0.1) is 0 Å². The number of fused-ring (bicyclic) bond motifs is 1. The van der Waals surface area contributed by atoms with E-state index in [4.69, 9.17) is 14.2 Å². The van der Waals surface area contributed by atoms with Crippen LogP contribution in [0.25, 0.3) is 0 Å². The number of hydrogen-bond donors (Lipinski definition) is 0. The van der Waals surface area contributed by atoms with Crippen LogP contribution in [-0.2, 0) is 17.8 Å². The fraction of sp³-hybridized carbons (Fsp3) is 0.538. The van der Waals surface area contributed by atoms with Crippen molar-refractivity contribution in [3.63, 3.8) is 0 Å². The summed E-state index contributed by atoms with van der Waals surface area (Å²) in [5.41, 5.74) is 2.37. The van der Waals surface area contributed by atoms with Crippen LogP contribution in [-0.4, -0.2) is 20.3 Å². The van der Waals surface area contributed by atoms with Gasteiger partial charge in [-0.2, -0.15) is 0 Å². The molecule has 1 aliphatic heterocycles. The lowest BCUT2D eigenvalue weighted by Crippen LogP contribution is -2.22. The Morgan fingerprint density at radius 2 is 1.81 bits per heavy atom. The van der Waals surface area contributed by atoms with Gasteiger partial charge in [-0.05, 0) is 18.6 Å². The van der Waals surface area contributed by atoms with Gasteiger partial charge in [-0.15, -0.1) is 0 Å². The zero-order valence-electron chi connectivity index (χ0n) is 10.1. The summed E-state index contributed by atoms with van der Waals surface area (Å²) >= 11 is 0. The fourth-order valence-corrected chi connectivity index (χ4v) is 2.16. The van der Waals surface area contributed by atoms with E-state index >= 15 is 0 Å². The van der Waals surface area contributed by atoms with E-state index in [0.29, 0.717) is 12.7 Å². The van der Waals surface area contributed by atoms with E-state index in [0.717, 1.165) is 29.9 Å². The number of ether oxygens (including phenoxy) is 3. The highest BCUT2D eigenvalue weighted by atomic mass is 16.5. The molecule has 2 rings (SSSR count). The topological polar surface area (TPSA) is 27.7 Å². The van der Waals surface area contributed by atoms with Crippen molar-refractivity contribution in [1.82, 2.24) is 0 Å². The predicted molar refractivity (Wildman–Crippen MR) is 62.1 cm³/mol. The summed E-state index contributed by atoms with van der Waals surface area (Å²) in [6.07, 6.45) is 2.24. The summed E-state index contributed by atoms with van der Waals surface area (Å²) in [5, 5.41) is 0. The zero-order valence-corrected chi connectivity index (χ0v) is 10.1. The first kappa shape index (κ1) is 11.3. The van der Waals surface area contributed by atoms with Crippen LogP contribution in [0.1, 0.15) is 24.5 Å². The second-order valence-electron chi connectivity index (χ2n) is 3.97. The molecule has 0 bridgehead atoms. The van der Waals surface area contributed by atoms with Crippen LogP contribution in [0.15, 0.2) is 12.1 Å². The van der Waals surface area contributed by atoms with Gasteiger partial charge in [0.15, 0.2) is 0 Å². The maximum absolute atomic E-state index is 5.76. The smallest absolute Gasteiger partial charge is 0.124 e. The Labute approximate surface area is 96.3 Å². The van der Waals surface area contributed by atoms with Crippen molar-refractivity contribution in [2.45, 2.75) is 32.5 Å². The summed E-state index contributed by atoms with van der Waals surface area (Å²) in [6, 6.07) is 3.91. The monoisotopic (exact) mass is 222 g/mol. The minimum atomic E-state index is 0.300. The largest absolute Gasteiger partial charge is 0.496 e. The SMILES string of the molecule is CCC1Cc2c(OC)ccc(OC)c2CO1. The van der Waals surface area contributed by atoms with Crippen LogP contribution in [0.3, 0.4) is 0 Å². The molecular formula is C13H18O3. The van der Waals surface area contributed by atoms with Crippen molar-refractivity contribution in [2.75, 3.05) is 14.2 Å². The summed E-state index contributed by atoms with van der Waals surface area (Å²) in [6.45, 7) is 2.76. The average Bonchev–Trinajstić information content (AvgIpc) is 2.36. The van der Waals surface area contributed by atoms with Crippen molar-refractivity contribution in [1.29, 1.82) is 0 Å². The zero-order chi connectivity index (χ0) is 11.5. The van der Waals surface area contributed by atoms with Crippen LogP contribution in [0.2, 0.25) is 0 Å². The molecule has 0 aliphatic carbocycles. The Hall–Kier alpha value is -1.22. The molecule has 0 radical (unpaired) electrons. The summed E-state index contributed by atoms with van der Waals surface area (Å²) in [4.78, 5) is 0. The van der Waals surface area contributed by atoms with E-state index in [1.54, 1.807) is 14.2 Å². The van der Waals surface area contributed by atoms with Crippen molar-refractivity contribution >= 4 is 0 Å². The van der Waals surface area contributed by atoms with Gasteiger partial charge in [-0.1, -0.05) is 6.92 Å². The lowest BCUT2D eigenvalue weighted by molar-refractivity contribution is 0.0243. The molecule has 0 fully saturated rings. The Morgan fingerprint density at radius 3 is 2.38 bits per heavy atom. The number of rotatable bonds is 3. The number of methoxy groups -OCH3 is 2. The molecule has 3 heteroatoms. The van der Waals surface area contributed by atoms with Crippen LogP contribution >= 0.6 is 0 Å². The van der Waals surface area contributed by atoms with E-state index in [9.17, 15) is 0 Å². The molecule has 1 aliphatic rings. The molecule has 1 heterocycles. The van der Waals surface area contributed by atoms with Crippen LogP contribution in [0.5, 0.6) is 11.5 Å². The Morgan fingerprint density at radius 1 is 1.19 bits per heavy atom. The maximum atomic E-state index is 5.76. The summed E-state index contributed by atoms with van der Waals surface area (Å²) < 4.78 is 16.5. The molecular weight excluding hydrogens is 204 g/mol. The first-order valence-electron chi connectivity index (χ1n) is 5.64. The van der Waals surface area contributed by atoms with Crippen molar-refractivity contribution in [3.05, 3.63) is 23.3 Å². The molecule has 0 spiro atoms. The quantitative estimate of drug-likeness (QED) is 0.786. The van der Waals surface area contributed by atoms with E-state index < -0.39 is 0 Å². The number of hydrogen-bond acceptors (Lipinski definition) is 3. The second-order valence-corrected chi connectivity index (χ2v) is 3.97. The standard InChI is InChI=1S/C13H18O3/c1-4-9-7-10-11(8-16-9)13(15-3)6-5-12(10)14-2/h5-6,9H,4,7-8H2,1-3H3. The van der Waals surface area contributed by atoms with E-state index in [-0.39, 0.29) is 0 Å². The normalized spacial score (nSPS) is 19.1. The molecule has 0 saturated heterocycles. The van der Waals surface area contributed by atoms with Gasteiger partial charge in [-0.25, -0.2) is 0 Å². The molecule has 0 N–H and O–H groups in total. The van der Waals surface area contributed by atoms with Crippen LogP contribution < -0.4 is 9.47 Å². The molecule has 88 valence electrons. The first-order chi connectivity index (χ1) is 7.80. The van der Waals surface area contributed by atoms with Crippen molar-refractivity contribution in [3.8, 4) is 11.5 Å². The highest BCUT2D eigenvalue weighted by Crippen LogP contribution is 2.35. The average molecular weight is 222 g/mol. The van der Waals surface area contributed by atoms with Crippen LogP contribution in [0.4, 0.5) is 0 Å². The Bertz CT molecular complexity index is 374. The minimum Gasteiger partial charge on any atom is -0.496 e. The Balaban J connectivity index is 2.42. The van der Waals surface area contributed by atoms with Gasteiger partial charge in [0, 0.05) is 17.5 Å². The Kier molecular flexibility index (Phi) is 3.34. The first-order valence-corrected chi connectivity index (χ1v) is 5.64. The van der Waals surface area contributed by atoms with E-state index in [1.807, 2.05) is 12.1 Å². The molecule has 0 aromatic heterocycles. The molecule has 0 saturated carbocycles. The predicted octanol–water partition coefficient (Wildman–Crippen LogP) is 2.56. The van der Waals surface area contributed by atoms with Crippen molar-refractivity contribution in [2.24, 2.45) is 0 Å². The molecule has 16 heavy (non-hydrogen) atoms. The van der Waals surface area contributed by atoms with Gasteiger partial charge < -0.3 is 14.2 Å². The molecule has 1 unspecified atom stereocenters. The highest BCUT2D eigenvalue weighted by Gasteiger charge is 2.23. The van der Waals surface area contributed by atoms with Gasteiger partial charge in [0.2, 0.25) is 0 Å². The minimum absolute atomic E-state index is 0.300. The summed E-state index contributed by atoms with van der Waals surface area (Å²) in [7, 11) is 3.40. The maximum Gasteiger partial charge on any atom is 0.124 e. The summed E-state index contributed by atoms with van der Waals surface area (Å²) in [5.74, 6) is 1.84. The second kappa shape index (κ2) is 4.74. The molecule has 1 aromatic rings. The fourth-order valence-electron chi connectivity index (χ4n) is 2.16. The third kappa shape index (κ3) is 1.87. The van der Waals surface area contributed by atoms with Gasteiger partial charge in [0.1, 0.15) is 11.5 Å². The van der Waals surface area contributed by atoms with Gasteiger partial charge in [0.25, 0.3) is 0 Å². The highest BCUT2D eigenvalue weighted by molar-refractivity contribution is 5.49. The van der Waals surface area contributed by atoms with E-state index in [2.05, 4.69) is 6.92 Å². The van der Waals surface area contributed by atoms with Gasteiger partial charge >= 0.3 is 0 Å². The number of benzene rings is 1. The van der Waals surface area contributed by atoms with Gasteiger partial charge in [0.05, 0.1) is 26.9 Å². The van der Waals surface area contributed by atoms with E-state index in [1.165, 1.54) is 5.56 Å². The lowest BCUT2D eigenvalue weighted by atomic mass is 9.96. The molecule has 0 amide bonds. The third-order valence-corrected chi connectivity index (χ3v) is 3.14.